The third kappa shape index (κ3) is 3.48. The highest BCUT2D eigenvalue weighted by molar-refractivity contribution is 6.26. The average Bonchev–Trinajstić information content (AvgIpc) is 2.82. The van der Waals surface area contributed by atoms with E-state index in [1.807, 2.05) is 24.3 Å². The van der Waals surface area contributed by atoms with Crippen LogP contribution < -0.4 is 15.1 Å². The maximum absolute atomic E-state index is 12.8. The lowest BCUT2D eigenvalue weighted by Gasteiger charge is -2.25. The number of benzene rings is 2. The number of amides is 1. The summed E-state index contributed by atoms with van der Waals surface area (Å²) in [7, 11) is 0. The number of carbonyl (C=O) groups is 1. The quantitative estimate of drug-likeness (QED) is 0.877. The minimum absolute atomic E-state index is 0.0785. The molecule has 0 bridgehead atoms. The van der Waals surface area contributed by atoms with Gasteiger partial charge in [-0.15, -0.1) is 0 Å². The van der Waals surface area contributed by atoms with Crippen molar-refractivity contribution in [1.82, 2.24) is 5.32 Å². The second kappa shape index (κ2) is 7.03. The molecule has 2 aliphatic rings. The zero-order valence-electron chi connectivity index (χ0n) is 15.0. The van der Waals surface area contributed by atoms with Crippen LogP contribution in [0.15, 0.2) is 30.3 Å². The molecule has 1 fully saturated rings. The molecular weight excluding hydrogens is 355 g/mol. The highest BCUT2D eigenvalue weighted by Crippen LogP contribution is 2.42. The van der Waals surface area contributed by atoms with E-state index in [4.69, 9.17) is 0 Å². The van der Waals surface area contributed by atoms with E-state index in [2.05, 4.69) is 10.2 Å². The number of nitrogens with one attached hydrogen (secondary N) is 1. The van der Waals surface area contributed by atoms with Crippen molar-refractivity contribution in [2.45, 2.75) is 25.4 Å². The van der Waals surface area contributed by atoms with E-state index >= 15 is 0 Å². The Morgan fingerprint density at radius 1 is 1.04 bits per heavy atom. The molecular formula is C20H22F3N3O. The largest absolute Gasteiger partial charge is 0.389 e. The lowest BCUT2D eigenvalue weighted by atomic mass is 10.0. The van der Waals surface area contributed by atoms with Gasteiger partial charge in [0.25, 0.3) is 5.91 Å². The summed E-state index contributed by atoms with van der Waals surface area (Å²) in [5.74, 6) is -0.201. The molecule has 2 aromatic carbocycles. The molecule has 1 saturated heterocycles. The second-order valence-corrected chi connectivity index (χ2v) is 7.10. The van der Waals surface area contributed by atoms with Gasteiger partial charge >= 0.3 is 6.18 Å². The Morgan fingerprint density at radius 3 is 2.67 bits per heavy atom. The molecule has 0 aliphatic carbocycles. The summed E-state index contributed by atoms with van der Waals surface area (Å²) in [6.07, 6.45) is -4.12. The first-order valence-corrected chi connectivity index (χ1v) is 9.36. The standard InChI is InChI=1S/C20H22F3N3O/c21-20(22,23)8-2-12-26-17-7-6-16(25-11-3-9-24-10-13-25)14-4-1-5-15(18(14)17)19(26)27/h1,4-7,24H,2-3,8-13H2. The van der Waals surface area contributed by atoms with Gasteiger partial charge in [0.2, 0.25) is 0 Å². The lowest BCUT2D eigenvalue weighted by Crippen LogP contribution is -2.29. The molecule has 1 amide bonds. The third-order valence-electron chi connectivity index (χ3n) is 5.28. The van der Waals surface area contributed by atoms with Gasteiger partial charge in [0, 0.05) is 54.6 Å². The molecule has 0 saturated carbocycles. The van der Waals surface area contributed by atoms with Gasteiger partial charge in [-0.25, -0.2) is 0 Å². The third-order valence-corrected chi connectivity index (χ3v) is 5.28. The minimum Gasteiger partial charge on any atom is -0.370 e. The molecule has 4 rings (SSSR count). The maximum Gasteiger partial charge on any atom is 0.389 e. The van der Waals surface area contributed by atoms with Crippen LogP contribution in [0.3, 0.4) is 0 Å². The monoisotopic (exact) mass is 377 g/mol. The first-order valence-electron chi connectivity index (χ1n) is 9.36. The van der Waals surface area contributed by atoms with E-state index in [0.29, 0.717) is 5.56 Å². The second-order valence-electron chi connectivity index (χ2n) is 7.10. The smallest absolute Gasteiger partial charge is 0.370 e. The number of carbonyl (C=O) groups excluding carboxylic acids is 1. The van der Waals surface area contributed by atoms with Gasteiger partial charge in [-0.2, -0.15) is 13.2 Å². The molecule has 0 spiro atoms. The van der Waals surface area contributed by atoms with E-state index < -0.39 is 12.6 Å². The number of nitrogens with zero attached hydrogens (tertiary/aromatic N) is 2. The zero-order valence-corrected chi connectivity index (χ0v) is 15.0. The molecule has 0 aromatic heterocycles. The normalized spacial score (nSPS) is 17.7. The zero-order chi connectivity index (χ0) is 19.0. The van der Waals surface area contributed by atoms with Crippen LogP contribution in [-0.4, -0.2) is 44.8 Å². The molecule has 4 nitrogen and oxygen atoms in total. The van der Waals surface area contributed by atoms with E-state index in [0.717, 1.165) is 54.7 Å². The van der Waals surface area contributed by atoms with Crippen molar-refractivity contribution in [3.8, 4) is 0 Å². The van der Waals surface area contributed by atoms with Crippen molar-refractivity contribution in [1.29, 1.82) is 0 Å². The summed E-state index contributed by atoms with van der Waals surface area (Å²) < 4.78 is 37.5. The van der Waals surface area contributed by atoms with E-state index in [1.54, 1.807) is 6.07 Å². The first-order chi connectivity index (χ1) is 13.0. The number of rotatable bonds is 4. The van der Waals surface area contributed by atoms with Crippen LogP contribution in [0.25, 0.3) is 10.8 Å². The molecule has 2 aromatic rings. The summed E-state index contributed by atoms with van der Waals surface area (Å²) in [4.78, 5) is 16.6. The number of anilines is 2. The van der Waals surface area contributed by atoms with Crippen LogP contribution >= 0.6 is 0 Å². The maximum atomic E-state index is 12.8. The number of halogens is 3. The van der Waals surface area contributed by atoms with E-state index in [9.17, 15) is 18.0 Å². The fraction of sp³-hybridized carbons (Fsp3) is 0.450. The van der Waals surface area contributed by atoms with Crippen molar-refractivity contribution in [3.63, 3.8) is 0 Å². The molecule has 2 heterocycles. The average molecular weight is 377 g/mol. The Balaban J connectivity index is 1.68. The van der Waals surface area contributed by atoms with Crippen molar-refractivity contribution in [3.05, 3.63) is 35.9 Å². The van der Waals surface area contributed by atoms with Gasteiger partial charge in [0.05, 0.1) is 5.69 Å². The highest BCUT2D eigenvalue weighted by atomic mass is 19.4. The number of hydrogen-bond acceptors (Lipinski definition) is 3. The van der Waals surface area contributed by atoms with Crippen LogP contribution in [0.1, 0.15) is 29.6 Å². The highest BCUT2D eigenvalue weighted by Gasteiger charge is 2.32. The Morgan fingerprint density at radius 2 is 1.85 bits per heavy atom. The Kier molecular flexibility index (Phi) is 4.72. The van der Waals surface area contributed by atoms with Crippen LogP contribution in [0, 0.1) is 0 Å². The molecule has 0 radical (unpaired) electrons. The van der Waals surface area contributed by atoms with Gasteiger partial charge in [-0.1, -0.05) is 12.1 Å². The van der Waals surface area contributed by atoms with Crippen molar-refractivity contribution >= 4 is 28.1 Å². The van der Waals surface area contributed by atoms with Crippen LogP contribution in [0.2, 0.25) is 0 Å². The molecule has 0 unspecified atom stereocenters. The van der Waals surface area contributed by atoms with Crippen molar-refractivity contribution in [2.75, 3.05) is 42.5 Å². The van der Waals surface area contributed by atoms with Crippen LogP contribution in [0.5, 0.6) is 0 Å². The van der Waals surface area contributed by atoms with Gasteiger partial charge in [0.15, 0.2) is 0 Å². The summed E-state index contributed by atoms with van der Waals surface area (Å²) >= 11 is 0. The summed E-state index contributed by atoms with van der Waals surface area (Å²) in [6.45, 7) is 3.81. The summed E-state index contributed by atoms with van der Waals surface area (Å²) in [6, 6.07) is 9.52. The fourth-order valence-electron chi connectivity index (χ4n) is 4.05. The van der Waals surface area contributed by atoms with Crippen LogP contribution in [-0.2, 0) is 0 Å². The van der Waals surface area contributed by atoms with Gasteiger partial charge < -0.3 is 15.1 Å². The molecule has 144 valence electrons. The fourth-order valence-corrected chi connectivity index (χ4v) is 4.05. The minimum atomic E-state index is -4.20. The lowest BCUT2D eigenvalue weighted by molar-refractivity contribution is -0.135. The SMILES string of the molecule is O=C1c2cccc3c(N4CCCNCC4)ccc(c23)N1CCCC(F)(F)F. The van der Waals surface area contributed by atoms with Crippen molar-refractivity contribution < 1.29 is 18.0 Å². The summed E-state index contributed by atoms with van der Waals surface area (Å²) in [5, 5.41) is 5.25. The molecule has 0 atom stereocenters. The first kappa shape index (κ1) is 18.1. The summed E-state index contributed by atoms with van der Waals surface area (Å²) in [5.41, 5.74) is 2.40. The number of alkyl halides is 3. The number of hydrogen-bond donors (Lipinski definition) is 1. The van der Waals surface area contributed by atoms with Gasteiger partial charge in [-0.05, 0) is 37.6 Å². The van der Waals surface area contributed by atoms with E-state index in [-0.39, 0.29) is 18.9 Å². The van der Waals surface area contributed by atoms with Gasteiger partial charge in [-0.3, -0.25) is 4.79 Å². The Hall–Kier alpha value is -2.28. The predicted molar refractivity (Wildman–Crippen MR) is 101 cm³/mol. The van der Waals surface area contributed by atoms with Crippen molar-refractivity contribution in [2.24, 2.45) is 0 Å². The molecule has 27 heavy (non-hydrogen) atoms. The Bertz CT molecular complexity index is 857. The Labute approximate surface area is 155 Å². The van der Waals surface area contributed by atoms with E-state index in [1.165, 1.54) is 4.90 Å². The van der Waals surface area contributed by atoms with Gasteiger partial charge in [0.1, 0.15) is 0 Å². The predicted octanol–water partition coefficient (Wildman–Crippen LogP) is 3.94. The van der Waals surface area contributed by atoms with Crippen LogP contribution in [0.4, 0.5) is 24.5 Å². The molecule has 1 N–H and O–H groups in total. The molecule has 7 heteroatoms. The topological polar surface area (TPSA) is 35.6 Å². The molecule has 2 aliphatic heterocycles.